The zero-order valence-electron chi connectivity index (χ0n) is 17.7. The summed E-state index contributed by atoms with van der Waals surface area (Å²) in [6.45, 7) is 4.03. The Labute approximate surface area is 181 Å². The van der Waals surface area contributed by atoms with E-state index in [4.69, 9.17) is 15.5 Å². The molecule has 8 nitrogen and oxygen atoms in total. The number of likely N-dealkylation sites (tertiary alicyclic amines) is 1. The molecule has 1 spiro atoms. The van der Waals surface area contributed by atoms with Crippen molar-refractivity contribution in [1.29, 1.82) is 0 Å². The SMILES string of the molecule is N[C@H](C(=O)N1CCC2(CCc3c2nc(N2CCOCC2)[nH]c3=O)CC1)c1ccccc1. The highest BCUT2D eigenvalue weighted by Gasteiger charge is 2.45. The van der Waals surface area contributed by atoms with Gasteiger partial charge in [0.25, 0.3) is 5.56 Å². The molecule has 0 saturated carbocycles. The van der Waals surface area contributed by atoms with Crippen LogP contribution in [0.2, 0.25) is 0 Å². The molecule has 0 unspecified atom stereocenters. The van der Waals surface area contributed by atoms with Crippen LogP contribution < -0.4 is 16.2 Å². The quantitative estimate of drug-likeness (QED) is 0.767. The highest BCUT2D eigenvalue weighted by Crippen LogP contribution is 2.44. The average Bonchev–Trinajstić information content (AvgIpc) is 3.18. The topological polar surface area (TPSA) is 105 Å². The zero-order valence-corrected chi connectivity index (χ0v) is 17.7. The zero-order chi connectivity index (χ0) is 21.4. The lowest BCUT2D eigenvalue weighted by atomic mass is 9.76. The number of piperidine rings is 1. The maximum absolute atomic E-state index is 13.0. The molecule has 2 aliphatic heterocycles. The van der Waals surface area contributed by atoms with Crippen LogP contribution in [0.4, 0.5) is 5.95 Å². The third-order valence-electron chi connectivity index (χ3n) is 7.13. The summed E-state index contributed by atoms with van der Waals surface area (Å²) in [5, 5.41) is 0. The second-order valence-electron chi connectivity index (χ2n) is 8.81. The number of hydrogen-bond acceptors (Lipinski definition) is 6. The van der Waals surface area contributed by atoms with Crippen molar-refractivity contribution in [2.45, 2.75) is 37.1 Å². The average molecular weight is 424 g/mol. The van der Waals surface area contributed by atoms with Crippen LogP contribution in [0.3, 0.4) is 0 Å². The summed E-state index contributed by atoms with van der Waals surface area (Å²) in [7, 11) is 0. The number of morpholine rings is 1. The number of amides is 1. The summed E-state index contributed by atoms with van der Waals surface area (Å²) in [5.41, 5.74) is 8.70. The first-order valence-electron chi connectivity index (χ1n) is 11.1. The van der Waals surface area contributed by atoms with Gasteiger partial charge in [-0.25, -0.2) is 4.98 Å². The number of H-pyrrole nitrogens is 1. The Morgan fingerprint density at radius 1 is 1.10 bits per heavy atom. The number of carbonyl (C=O) groups is 1. The maximum atomic E-state index is 13.0. The van der Waals surface area contributed by atoms with Crippen LogP contribution in [-0.4, -0.2) is 60.2 Å². The lowest BCUT2D eigenvalue weighted by Gasteiger charge is -2.40. The molecule has 1 amide bonds. The summed E-state index contributed by atoms with van der Waals surface area (Å²) < 4.78 is 5.43. The van der Waals surface area contributed by atoms with E-state index in [0.717, 1.165) is 55.6 Å². The van der Waals surface area contributed by atoms with E-state index in [2.05, 4.69) is 9.88 Å². The first kappa shape index (κ1) is 20.2. The van der Waals surface area contributed by atoms with Crippen LogP contribution in [0, 0.1) is 0 Å². The standard InChI is InChI=1S/C23H29N5O3/c24-18(16-4-2-1-3-5-16)21(30)27-10-8-23(9-11-27)7-6-17-19(23)25-22(26-20(17)29)28-12-14-31-15-13-28/h1-5,18H,6-15,24H2,(H,25,26,29)/t18-/m0/s1. The number of benzene rings is 1. The number of aromatic amines is 1. The van der Waals surface area contributed by atoms with Gasteiger partial charge in [0.15, 0.2) is 0 Å². The number of anilines is 1. The minimum Gasteiger partial charge on any atom is -0.378 e. The van der Waals surface area contributed by atoms with Gasteiger partial charge in [0, 0.05) is 37.2 Å². The smallest absolute Gasteiger partial charge is 0.255 e. The molecule has 3 heterocycles. The predicted octanol–water partition coefficient (Wildman–Crippen LogP) is 1.11. The van der Waals surface area contributed by atoms with Gasteiger partial charge in [-0.2, -0.15) is 0 Å². The van der Waals surface area contributed by atoms with Gasteiger partial charge in [-0.1, -0.05) is 30.3 Å². The summed E-state index contributed by atoms with van der Waals surface area (Å²) in [5.74, 6) is 0.616. The Hall–Kier alpha value is -2.71. The molecule has 8 heteroatoms. The van der Waals surface area contributed by atoms with Crippen molar-refractivity contribution in [3.8, 4) is 0 Å². The molecule has 1 aliphatic carbocycles. The lowest BCUT2D eigenvalue weighted by Crippen LogP contribution is -2.47. The number of fused-ring (bicyclic) bond motifs is 2. The van der Waals surface area contributed by atoms with Crippen molar-refractivity contribution in [3.63, 3.8) is 0 Å². The number of hydrogen-bond donors (Lipinski definition) is 2. The Kier molecular flexibility index (Phi) is 5.27. The van der Waals surface area contributed by atoms with E-state index in [1.807, 2.05) is 35.2 Å². The molecular formula is C23H29N5O3. The number of ether oxygens (including phenoxy) is 1. The number of nitrogens with zero attached hydrogens (tertiary/aromatic N) is 3. The summed E-state index contributed by atoms with van der Waals surface area (Å²) in [6.07, 6.45) is 3.29. The largest absolute Gasteiger partial charge is 0.378 e. The Balaban J connectivity index is 1.34. The molecule has 1 aromatic carbocycles. The highest BCUT2D eigenvalue weighted by atomic mass is 16.5. The Morgan fingerprint density at radius 2 is 1.81 bits per heavy atom. The fraction of sp³-hybridized carbons (Fsp3) is 0.522. The van der Waals surface area contributed by atoms with Crippen LogP contribution in [0.1, 0.15) is 42.1 Å². The van der Waals surface area contributed by atoms with Gasteiger partial charge in [-0.05, 0) is 31.2 Å². The first-order chi connectivity index (χ1) is 15.1. The number of rotatable bonds is 3. The first-order valence-corrected chi connectivity index (χ1v) is 11.1. The fourth-order valence-electron chi connectivity index (χ4n) is 5.21. The van der Waals surface area contributed by atoms with Crippen molar-refractivity contribution in [3.05, 3.63) is 57.5 Å². The van der Waals surface area contributed by atoms with Crippen molar-refractivity contribution in [1.82, 2.24) is 14.9 Å². The molecule has 2 fully saturated rings. The third-order valence-corrected chi connectivity index (χ3v) is 7.13. The molecule has 3 aliphatic rings. The summed E-state index contributed by atoms with van der Waals surface area (Å²) in [6, 6.07) is 8.87. The second kappa shape index (κ2) is 8.09. The number of nitrogens with two attached hydrogens (primary N) is 1. The van der Waals surface area contributed by atoms with Crippen LogP contribution in [0.25, 0.3) is 0 Å². The highest BCUT2D eigenvalue weighted by molar-refractivity contribution is 5.83. The molecule has 2 saturated heterocycles. The van der Waals surface area contributed by atoms with Crippen LogP contribution in [-0.2, 0) is 21.4 Å². The van der Waals surface area contributed by atoms with Gasteiger partial charge in [0.05, 0.1) is 18.9 Å². The number of carbonyl (C=O) groups excluding carboxylic acids is 1. The van der Waals surface area contributed by atoms with Crippen LogP contribution in [0.15, 0.2) is 35.1 Å². The molecule has 0 bridgehead atoms. The monoisotopic (exact) mass is 423 g/mol. The molecule has 164 valence electrons. The molecular weight excluding hydrogens is 394 g/mol. The molecule has 5 rings (SSSR count). The van der Waals surface area contributed by atoms with E-state index < -0.39 is 6.04 Å². The van der Waals surface area contributed by atoms with Crippen LogP contribution in [0.5, 0.6) is 0 Å². The summed E-state index contributed by atoms with van der Waals surface area (Å²) in [4.78, 5) is 37.7. The molecule has 1 atom stereocenters. The van der Waals surface area contributed by atoms with Gasteiger partial charge < -0.3 is 20.3 Å². The normalized spacial score (nSPS) is 21.2. The minimum atomic E-state index is -0.639. The minimum absolute atomic E-state index is 0.0204. The molecule has 1 aromatic heterocycles. The van der Waals surface area contributed by atoms with E-state index in [1.54, 1.807) is 0 Å². The van der Waals surface area contributed by atoms with Gasteiger partial charge in [0.1, 0.15) is 6.04 Å². The molecule has 0 radical (unpaired) electrons. The molecule has 3 N–H and O–H groups in total. The Bertz CT molecular complexity index is 1010. The Morgan fingerprint density at radius 3 is 2.52 bits per heavy atom. The van der Waals surface area contributed by atoms with Gasteiger partial charge in [-0.3, -0.25) is 14.6 Å². The maximum Gasteiger partial charge on any atom is 0.255 e. The number of aromatic nitrogens is 2. The van der Waals surface area contributed by atoms with E-state index in [1.165, 1.54) is 0 Å². The second-order valence-corrected chi connectivity index (χ2v) is 8.81. The van der Waals surface area contributed by atoms with Gasteiger partial charge >= 0.3 is 0 Å². The lowest BCUT2D eigenvalue weighted by molar-refractivity contribution is -0.134. The van der Waals surface area contributed by atoms with Crippen molar-refractivity contribution in [2.24, 2.45) is 5.73 Å². The predicted molar refractivity (Wildman–Crippen MR) is 117 cm³/mol. The van der Waals surface area contributed by atoms with Crippen molar-refractivity contribution < 1.29 is 9.53 Å². The molecule has 2 aromatic rings. The third kappa shape index (κ3) is 3.64. The van der Waals surface area contributed by atoms with Gasteiger partial charge in [-0.15, -0.1) is 0 Å². The number of nitrogens with one attached hydrogen (secondary N) is 1. The van der Waals surface area contributed by atoms with Crippen molar-refractivity contribution >= 4 is 11.9 Å². The van der Waals surface area contributed by atoms with E-state index in [-0.39, 0.29) is 16.9 Å². The fourth-order valence-corrected chi connectivity index (χ4v) is 5.21. The molecule has 31 heavy (non-hydrogen) atoms. The van der Waals surface area contributed by atoms with E-state index >= 15 is 0 Å². The van der Waals surface area contributed by atoms with E-state index in [0.29, 0.717) is 32.3 Å². The van der Waals surface area contributed by atoms with Crippen molar-refractivity contribution in [2.75, 3.05) is 44.3 Å². The van der Waals surface area contributed by atoms with E-state index in [9.17, 15) is 9.59 Å². The van der Waals surface area contributed by atoms with Crippen LogP contribution >= 0.6 is 0 Å². The summed E-state index contributed by atoms with van der Waals surface area (Å²) >= 11 is 0. The van der Waals surface area contributed by atoms with Gasteiger partial charge in [0.2, 0.25) is 11.9 Å².